The number of hydrogen-bond acceptors (Lipinski definition) is 4. The van der Waals surface area contributed by atoms with Gasteiger partial charge in [-0.2, -0.15) is 0 Å². The average Bonchev–Trinajstić information content (AvgIpc) is 1.65. The Bertz CT molecular complexity index is 48.2. The third-order valence-electron chi connectivity index (χ3n) is 0.649. The van der Waals surface area contributed by atoms with E-state index in [1.807, 2.05) is 0 Å². The van der Waals surface area contributed by atoms with Crippen LogP contribution in [0.25, 0.3) is 0 Å². The lowest BCUT2D eigenvalue weighted by atomic mass is 10.3. The lowest BCUT2D eigenvalue weighted by Crippen LogP contribution is -2.43. The van der Waals surface area contributed by atoms with Gasteiger partial charge in [-0.1, -0.05) is 0 Å². The molecule has 0 bridgehead atoms. The Morgan fingerprint density at radius 1 is 1.43 bits per heavy atom. The zero-order valence-electron chi connectivity index (χ0n) is 3.91. The summed E-state index contributed by atoms with van der Waals surface area (Å²) in [5.74, 6) is 0. The number of aliphatic hydroxyl groups excluding tert-OH is 2. The molecular weight excluding hydrogens is 96.0 g/mol. The third kappa shape index (κ3) is 2.52. The molecule has 0 saturated carbocycles. The monoisotopic (exact) mass is 106 g/mol. The number of rotatable bonds is 2. The summed E-state index contributed by atoms with van der Waals surface area (Å²) in [6.07, 6.45) is -1.11. The summed E-state index contributed by atoms with van der Waals surface area (Å²) in [5.41, 5.74) is 9.81. The summed E-state index contributed by atoms with van der Waals surface area (Å²) >= 11 is 0. The molecule has 0 radical (unpaired) electrons. The normalized spacial score (nSPS) is 18.9. The van der Waals surface area contributed by atoms with Crippen LogP contribution in [0.15, 0.2) is 0 Å². The molecule has 2 unspecified atom stereocenters. The van der Waals surface area contributed by atoms with E-state index >= 15 is 0 Å². The van der Waals surface area contributed by atoms with Crippen LogP contribution in [0, 0.1) is 0 Å². The second-order valence-electron chi connectivity index (χ2n) is 1.34. The maximum absolute atomic E-state index is 8.31. The van der Waals surface area contributed by atoms with Crippen molar-refractivity contribution in [2.75, 3.05) is 6.61 Å². The van der Waals surface area contributed by atoms with Gasteiger partial charge in [-0.25, -0.2) is 0 Å². The Kier molecular flexibility index (Phi) is 2.86. The van der Waals surface area contributed by atoms with Gasteiger partial charge in [0.05, 0.1) is 12.6 Å². The van der Waals surface area contributed by atoms with Gasteiger partial charge in [0.2, 0.25) is 0 Å². The van der Waals surface area contributed by atoms with Gasteiger partial charge in [-0.3, -0.25) is 0 Å². The molecule has 7 heavy (non-hydrogen) atoms. The van der Waals surface area contributed by atoms with Crippen LogP contribution in [-0.2, 0) is 0 Å². The highest BCUT2D eigenvalue weighted by atomic mass is 16.3. The zero-order valence-corrected chi connectivity index (χ0v) is 3.91. The highest BCUT2D eigenvalue weighted by Gasteiger charge is 2.05. The second kappa shape index (κ2) is 2.92. The summed E-state index contributed by atoms with van der Waals surface area (Å²) < 4.78 is 0. The molecule has 0 rings (SSSR count). The van der Waals surface area contributed by atoms with Gasteiger partial charge in [-0.15, -0.1) is 0 Å². The van der Waals surface area contributed by atoms with E-state index < -0.39 is 12.3 Å². The van der Waals surface area contributed by atoms with Crippen molar-refractivity contribution in [1.82, 2.24) is 0 Å². The van der Waals surface area contributed by atoms with E-state index in [0.717, 1.165) is 0 Å². The minimum Gasteiger partial charge on any atom is -0.395 e. The van der Waals surface area contributed by atoms with Crippen LogP contribution in [0.5, 0.6) is 0 Å². The number of nitrogens with two attached hydrogens (primary N) is 2. The molecule has 0 spiro atoms. The van der Waals surface area contributed by atoms with Crippen LogP contribution < -0.4 is 11.5 Å². The lowest BCUT2D eigenvalue weighted by molar-refractivity contribution is 0.114. The summed E-state index contributed by atoms with van der Waals surface area (Å²) in [6, 6.07) is -0.708. The van der Waals surface area contributed by atoms with Gasteiger partial charge in [-0.05, 0) is 0 Å². The van der Waals surface area contributed by atoms with Crippen LogP contribution in [0.4, 0.5) is 0 Å². The largest absolute Gasteiger partial charge is 0.395 e. The molecule has 0 amide bonds. The molecule has 4 heteroatoms. The van der Waals surface area contributed by atoms with E-state index in [9.17, 15) is 0 Å². The van der Waals surface area contributed by atoms with Gasteiger partial charge >= 0.3 is 0 Å². The highest BCUT2D eigenvalue weighted by molar-refractivity contribution is 4.62. The van der Waals surface area contributed by atoms with Gasteiger partial charge in [0.25, 0.3) is 0 Å². The number of hydrogen-bond donors (Lipinski definition) is 4. The van der Waals surface area contributed by atoms with E-state index in [1.165, 1.54) is 0 Å². The van der Waals surface area contributed by atoms with Crippen LogP contribution in [-0.4, -0.2) is 29.1 Å². The first kappa shape index (κ1) is 6.84. The van der Waals surface area contributed by atoms with E-state index in [-0.39, 0.29) is 6.61 Å². The first-order valence-corrected chi connectivity index (χ1v) is 1.98. The van der Waals surface area contributed by atoms with Crippen LogP contribution in [0.2, 0.25) is 0 Å². The smallest absolute Gasteiger partial charge is 0.119 e. The Hall–Kier alpha value is -0.160. The molecule has 0 fully saturated rings. The Labute approximate surface area is 41.7 Å². The molecule has 44 valence electrons. The molecule has 0 aliphatic rings. The van der Waals surface area contributed by atoms with Crippen molar-refractivity contribution in [2.24, 2.45) is 11.5 Å². The Balaban J connectivity index is 3.14. The fourth-order valence-electron chi connectivity index (χ4n) is 0.108. The van der Waals surface area contributed by atoms with Crippen molar-refractivity contribution in [1.29, 1.82) is 0 Å². The maximum atomic E-state index is 8.31. The fourth-order valence-corrected chi connectivity index (χ4v) is 0.108. The SMILES string of the molecule is NC(O)C(N)CO. The first-order chi connectivity index (χ1) is 3.18. The molecule has 0 aromatic heterocycles. The van der Waals surface area contributed by atoms with Gasteiger partial charge in [0.15, 0.2) is 0 Å². The summed E-state index contributed by atoms with van der Waals surface area (Å²) in [7, 11) is 0. The molecule has 4 nitrogen and oxygen atoms in total. The highest BCUT2D eigenvalue weighted by Crippen LogP contribution is 1.75. The van der Waals surface area contributed by atoms with Crippen molar-refractivity contribution in [3.8, 4) is 0 Å². The first-order valence-electron chi connectivity index (χ1n) is 1.98. The standard InChI is InChI=1S/C3H10N2O2/c4-2(1-6)3(5)7/h2-3,6-7H,1,4-5H2. The van der Waals surface area contributed by atoms with E-state index in [1.54, 1.807) is 0 Å². The molecule has 2 atom stereocenters. The fraction of sp³-hybridized carbons (Fsp3) is 1.00. The molecule has 0 aliphatic heterocycles. The van der Waals surface area contributed by atoms with Crippen molar-refractivity contribution >= 4 is 0 Å². The predicted molar refractivity (Wildman–Crippen MR) is 25.3 cm³/mol. The third-order valence-corrected chi connectivity index (χ3v) is 0.649. The second-order valence-corrected chi connectivity index (χ2v) is 1.34. The Morgan fingerprint density at radius 3 is 1.86 bits per heavy atom. The maximum Gasteiger partial charge on any atom is 0.119 e. The zero-order chi connectivity index (χ0) is 5.86. The molecule has 0 saturated heterocycles. The van der Waals surface area contributed by atoms with Crippen molar-refractivity contribution < 1.29 is 10.2 Å². The Morgan fingerprint density at radius 2 is 1.86 bits per heavy atom. The van der Waals surface area contributed by atoms with E-state index in [0.29, 0.717) is 0 Å². The van der Waals surface area contributed by atoms with Gasteiger partial charge < -0.3 is 21.7 Å². The molecule has 0 aromatic carbocycles. The average molecular weight is 106 g/mol. The number of aliphatic hydroxyl groups is 2. The topological polar surface area (TPSA) is 92.5 Å². The summed E-state index contributed by atoms with van der Waals surface area (Å²) in [4.78, 5) is 0. The van der Waals surface area contributed by atoms with Gasteiger partial charge in [0.1, 0.15) is 6.23 Å². The molecular formula is C3H10N2O2. The van der Waals surface area contributed by atoms with Crippen LogP contribution in [0.3, 0.4) is 0 Å². The molecule has 6 N–H and O–H groups in total. The summed E-state index contributed by atoms with van der Waals surface area (Å²) in [5, 5.41) is 16.5. The van der Waals surface area contributed by atoms with Crippen molar-refractivity contribution in [2.45, 2.75) is 12.3 Å². The predicted octanol–water partition coefficient (Wildman–Crippen LogP) is -2.42. The molecule has 0 aliphatic carbocycles. The van der Waals surface area contributed by atoms with Crippen molar-refractivity contribution in [3.05, 3.63) is 0 Å². The van der Waals surface area contributed by atoms with E-state index in [2.05, 4.69) is 0 Å². The summed E-state index contributed by atoms with van der Waals surface area (Å²) in [6.45, 7) is -0.280. The minimum absolute atomic E-state index is 0.280. The molecule has 0 heterocycles. The minimum atomic E-state index is -1.11. The van der Waals surface area contributed by atoms with Gasteiger partial charge in [0, 0.05) is 0 Å². The van der Waals surface area contributed by atoms with E-state index in [4.69, 9.17) is 21.7 Å². The molecule has 0 aromatic rings. The van der Waals surface area contributed by atoms with Crippen LogP contribution >= 0.6 is 0 Å². The van der Waals surface area contributed by atoms with Crippen LogP contribution in [0.1, 0.15) is 0 Å². The van der Waals surface area contributed by atoms with Crippen molar-refractivity contribution in [3.63, 3.8) is 0 Å². The lowest BCUT2D eigenvalue weighted by Gasteiger charge is -2.09. The quantitative estimate of drug-likeness (QED) is 0.295.